The number of benzene rings is 1. The van der Waals surface area contributed by atoms with Crippen molar-refractivity contribution in [2.75, 3.05) is 13.7 Å². The molecule has 0 saturated carbocycles. The first-order chi connectivity index (χ1) is 12.5. The van der Waals surface area contributed by atoms with Crippen LogP contribution in [-0.2, 0) is 16.0 Å². The Kier molecular flexibility index (Phi) is 5.78. The first kappa shape index (κ1) is 18.7. The fourth-order valence-corrected chi connectivity index (χ4v) is 4.27. The zero-order chi connectivity index (χ0) is 18.7. The Bertz CT molecular complexity index is 847. The van der Waals surface area contributed by atoms with Gasteiger partial charge in [0.15, 0.2) is 0 Å². The maximum atomic E-state index is 12.8. The zero-order valence-corrected chi connectivity index (χ0v) is 16.9. The number of urea groups is 1. The van der Waals surface area contributed by atoms with Crippen molar-refractivity contribution in [3.05, 3.63) is 68.0 Å². The lowest BCUT2D eigenvalue weighted by atomic mass is 10.0. The highest BCUT2D eigenvalue weighted by Crippen LogP contribution is 2.35. The molecule has 1 aliphatic rings. The lowest BCUT2D eigenvalue weighted by molar-refractivity contribution is -0.139. The van der Waals surface area contributed by atoms with Gasteiger partial charge in [0.05, 0.1) is 22.0 Å². The van der Waals surface area contributed by atoms with E-state index in [-0.39, 0.29) is 12.6 Å². The van der Waals surface area contributed by atoms with Crippen LogP contribution in [0.5, 0.6) is 0 Å². The molecule has 0 bridgehead atoms. The predicted molar refractivity (Wildman–Crippen MR) is 105 cm³/mol. The molecule has 0 aliphatic carbocycles. The number of nitrogens with zero attached hydrogens (tertiary/aromatic N) is 1. The predicted octanol–water partition coefficient (Wildman–Crippen LogP) is 4.27. The fourth-order valence-electron chi connectivity index (χ4n) is 2.78. The van der Waals surface area contributed by atoms with E-state index in [9.17, 15) is 9.59 Å². The summed E-state index contributed by atoms with van der Waals surface area (Å²) < 4.78 is 6.46. The van der Waals surface area contributed by atoms with Crippen molar-refractivity contribution in [1.29, 1.82) is 0 Å². The van der Waals surface area contributed by atoms with E-state index in [1.807, 2.05) is 42.5 Å². The van der Waals surface area contributed by atoms with E-state index in [2.05, 4.69) is 21.2 Å². The summed E-state index contributed by atoms with van der Waals surface area (Å²) in [6.07, 6.45) is 0.649. The van der Waals surface area contributed by atoms with Gasteiger partial charge in [-0.3, -0.25) is 0 Å². The normalized spacial score (nSPS) is 17.3. The highest BCUT2D eigenvalue weighted by molar-refractivity contribution is 9.11. The number of ether oxygens (including phenoxy) is 1. The van der Waals surface area contributed by atoms with Crippen LogP contribution in [0.4, 0.5) is 4.79 Å². The molecule has 0 spiro atoms. The molecular weight excluding hydrogens is 416 g/mol. The van der Waals surface area contributed by atoms with E-state index in [0.717, 1.165) is 14.2 Å². The number of thiophene rings is 1. The summed E-state index contributed by atoms with van der Waals surface area (Å²) in [6.45, 7) is 2.06. The van der Waals surface area contributed by atoms with Crippen molar-refractivity contribution in [2.24, 2.45) is 0 Å². The summed E-state index contributed by atoms with van der Waals surface area (Å²) in [6, 6.07) is 12.9. The van der Waals surface area contributed by atoms with Gasteiger partial charge in [-0.05, 0) is 40.5 Å². The second kappa shape index (κ2) is 8.05. The maximum absolute atomic E-state index is 12.8. The Labute approximate surface area is 164 Å². The fraction of sp³-hybridized carbons (Fsp3) is 0.263. The summed E-state index contributed by atoms with van der Waals surface area (Å²) in [4.78, 5) is 27.3. The van der Waals surface area contributed by atoms with Crippen molar-refractivity contribution in [3.63, 3.8) is 0 Å². The van der Waals surface area contributed by atoms with Crippen LogP contribution in [0.2, 0.25) is 0 Å². The maximum Gasteiger partial charge on any atom is 0.338 e. The molecule has 1 aromatic heterocycles. The number of amides is 2. The summed E-state index contributed by atoms with van der Waals surface area (Å²) in [5, 5.41) is 2.88. The number of carbonyl (C=O) groups is 2. The first-order valence-electron chi connectivity index (χ1n) is 8.18. The minimum Gasteiger partial charge on any atom is -0.462 e. The largest absolute Gasteiger partial charge is 0.462 e. The second-order valence-corrected chi connectivity index (χ2v) is 8.45. The Morgan fingerprint density at radius 2 is 2.00 bits per heavy atom. The SMILES string of the molecule is CC1=C(C(=O)OCCc2ccccc2)[C@H](c2ccc(Br)s2)NC(=O)N1C. The molecule has 2 aromatic rings. The summed E-state index contributed by atoms with van der Waals surface area (Å²) >= 11 is 4.91. The van der Waals surface area contributed by atoms with E-state index in [1.165, 1.54) is 16.2 Å². The van der Waals surface area contributed by atoms with Crippen molar-refractivity contribution in [2.45, 2.75) is 19.4 Å². The van der Waals surface area contributed by atoms with E-state index in [0.29, 0.717) is 17.7 Å². The molecule has 2 heterocycles. The number of carbonyl (C=O) groups excluding carboxylic acids is 2. The molecule has 3 rings (SSSR count). The van der Waals surface area contributed by atoms with Crippen molar-refractivity contribution >= 4 is 39.3 Å². The molecule has 1 atom stereocenters. The smallest absolute Gasteiger partial charge is 0.338 e. The van der Waals surface area contributed by atoms with Gasteiger partial charge in [-0.1, -0.05) is 30.3 Å². The summed E-state index contributed by atoms with van der Waals surface area (Å²) in [7, 11) is 1.64. The van der Waals surface area contributed by atoms with Crippen molar-refractivity contribution in [1.82, 2.24) is 10.2 Å². The van der Waals surface area contributed by atoms with Gasteiger partial charge in [0.25, 0.3) is 0 Å². The van der Waals surface area contributed by atoms with Gasteiger partial charge in [-0.2, -0.15) is 0 Å². The number of nitrogens with one attached hydrogen (secondary N) is 1. The lowest BCUT2D eigenvalue weighted by Gasteiger charge is -2.32. The first-order valence-corrected chi connectivity index (χ1v) is 9.79. The monoisotopic (exact) mass is 434 g/mol. The van der Waals surface area contributed by atoms with Crippen LogP contribution in [0.1, 0.15) is 23.4 Å². The van der Waals surface area contributed by atoms with Gasteiger partial charge in [-0.15, -0.1) is 11.3 Å². The third-order valence-corrected chi connectivity index (χ3v) is 6.01. The van der Waals surface area contributed by atoms with E-state index >= 15 is 0 Å². The van der Waals surface area contributed by atoms with E-state index in [1.54, 1.807) is 14.0 Å². The minimum atomic E-state index is -0.501. The van der Waals surface area contributed by atoms with Gasteiger partial charge < -0.3 is 15.0 Å². The van der Waals surface area contributed by atoms with Crippen LogP contribution in [0, 0.1) is 0 Å². The van der Waals surface area contributed by atoms with E-state index in [4.69, 9.17) is 4.74 Å². The number of halogens is 1. The van der Waals surface area contributed by atoms with Gasteiger partial charge in [0.1, 0.15) is 0 Å². The average molecular weight is 435 g/mol. The third-order valence-electron chi connectivity index (χ3n) is 4.32. The minimum absolute atomic E-state index is 0.238. The highest BCUT2D eigenvalue weighted by Gasteiger charge is 2.35. The molecule has 2 amide bonds. The second-order valence-electron chi connectivity index (χ2n) is 5.95. The molecule has 7 heteroatoms. The highest BCUT2D eigenvalue weighted by atomic mass is 79.9. The molecule has 0 fully saturated rings. The molecule has 0 saturated heterocycles. The molecule has 0 unspecified atom stereocenters. The molecule has 26 heavy (non-hydrogen) atoms. The number of rotatable bonds is 5. The Morgan fingerprint density at radius 3 is 2.65 bits per heavy atom. The Balaban J connectivity index is 1.78. The summed E-state index contributed by atoms with van der Waals surface area (Å²) in [5.41, 5.74) is 2.18. The summed E-state index contributed by atoms with van der Waals surface area (Å²) in [5.74, 6) is -0.403. The van der Waals surface area contributed by atoms with Gasteiger partial charge in [-0.25, -0.2) is 9.59 Å². The Morgan fingerprint density at radius 1 is 1.27 bits per heavy atom. The van der Waals surface area contributed by atoms with Crippen LogP contribution in [0.3, 0.4) is 0 Å². The van der Waals surface area contributed by atoms with Crippen molar-refractivity contribution in [3.8, 4) is 0 Å². The average Bonchev–Trinajstić information content (AvgIpc) is 3.06. The number of hydrogen-bond donors (Lipinski definition) is 1. The van der Waals surface area contributed by atoms with E-state index < -0.39 is 12.0 Å². The number of esters is 1. The van der Waals surface area contributed by atoms with Crippen LogP contribution >= 0.6 is 27.3 Å². The standard InChI is InChI=1S/C19H19BrN2O3S/c1-12-16(18(23)25-11-10-13-6-4-3-5-7-13)17(21-19(24)22(12)2)14-8-9-15(20)26-14/h3-9,17H,10-11H2,1-2H3,(H,21,24)/t17-/m0/s1. The van der Waals surface area contributed by atoms with Gasteiger partial charge in [0.2, 0.25) is 0 Å². The third kappa shape index (κ3) is 3.99. The molecular formula is C19H19BrN2O3S. The molecule has 1 N–H and O–H groups in total. The quantitative estimate of drug-likeness (QED) is 0.714. The molecule has 1 aromatic carbocycles. The Hall–Kier alpha value is -2.12. The van der Waals surface area contributed by atoms with Crippen LogP contribution in [-0.4, -0.2) is 30.6 Å². The van der Waals surface area contributed by atoms with Crippen LogP contribution in [0.25, 0.3) is 0 Å². The van der Waals surface area contributed by atoms with Crippen LogP contribution in [0.15, 0.2) is 57.5 Å². The van der Waals surface area contributed by atoms with Crippen LogP contribution < -0.4 is 5.32 Å². The molecule has 1 aliphatic heterocycles. The molecule has 0 radical (unpaired) electrons. The lowest BCUT2D eigenvalue weighted by Crippen LogP contribution is -2.46. The molecule has 136 valence electrons. The number of hydrogen-bond acceptors (Lipinski definition) is 4. The molecule has 5 nitrogen and oxygen atoms in total. The topological polar surface area (TPSA) is 58.6 Å². The van der Waals surface area contributed by atoms with Crippen molar-refractivity contribution < 1.29 is 14.3 Å². The zero-order valence-electron chi connectivity index (χ0n) is 14.5. The van der Waals surface area contributed by atoms with Gasteiger partial charge in [0, 0.05) is 24.0 Å². The number of allylic oxidation sites excluding steroid dienone is 1. The van der Waals surface area contributed by atoms with Gasteiger partial charge >= 0.3 is 12.0 Å².